The summed E-state index contributed by atoms with van der Waals surface area (Å²) in [6.07, 6.45) is 4.68. The molecule has 4 bridgehead atoms. The van der Waals surface area contributed by atoms with Crippen LogP contribution in [0.4, 0.5) is 27.5 Å². The van der Waals surface area contributed by atoms with Gasteiger partial charge in [-0.2, -0.15) is 0 Å². The number of carbonyl (C=O) groups is 3. The Morgan fingerprint density at radius 1 is 0.841 bits per heavy atom. The summed E-state index contributed by atoms with van der Waals surface area (Å²) in [6.45, 7) is 7.74. The summed E-state index contributed by atoms with van der Waals surface area (Å²) in [4.78, 5) is 46.4. The predicted molar refractivity (Wildman–Crippen MR) is 170 cm³/mol. The Hall–Kier alpha value is -3.79. The van der Waals surface area contributed by atoms with E-state index in [0.717, 1.165) is 67.9 Å². The van der Waals surface area contributed by atoms with Gasteiger partial charge in [0.2, 0.25) is 5.91 Å². The third kappa shape index (κ3) is 4.78. The molecule has 10 heteroatoms. The number of carbonyl (C=O) groups excluding carboxylic acids is 2. The molecule has 0 radical (unpaired) electrons. The van der Waals surface area contributed by atoms with Crippen LogP contribution in [0, 0.1) is 23.2 Å². The number of carboxylic acid groups (broad SMARTS) is 1. The number of fused-ring (bicyclic) bond motifs is 1. The SMILES string of the molecule is CC(C)(C(=O)O)N1CCN(c2ccc(N3CCN(C(=O)NC4C5CC6CC4CC(C(N)=O)(C6)C5)c4ccccc43)cc2)CC1. The van der Waals surface area contributed by atoms with E-state index in [1.54, 1.807) is 13.8 Å². The topological polar surface area (TPSA) is 122 Å². The summed E-state index contributed by atoms with van der Waals surface area (Å²) in [5, 5.41) is 13.0. The molecule has 10 nitrogen and oxygen atoms in total. The first-order valence-electron chi connectivity index (χ1n) is 16.1. The molecule has 2 unspecified atom stereocenters. The standard InChI is InChI=1S/C34H44N6O4/c1-33(2,31(42)43)38-13-11-37(12-14-38)25-7-9-26(10-8-25)39-15-16-40(28-6-4-3-5-27(28)39)32(44)36-29-23-17-22-18-24(29)21-34(19-22,20-23)30(35)41/h3-10,22-24,29H,11-21H2,1-2H3,(H2,35,41)(H,36,44)(H,42,43). The number of urea groups is 1. The van der Waals surface area contributed by atoms with Gasteiger partial charge in [-0.05, 0) is 100 Å². The molecule has 2 aliphatic heterocycles. The zero-order chi connectivity index (χ0) is 30.8. The predicted octanol–water partition coefficient (Wildman–Crippen LogP) is 4.02. The molecule has 2 aromatic carbocycles. The number of rotatable bonds is 6. The Morgan fingerprint density at radius 2 is 1.45 bits per heavy atom. The minimum Gasteiger partial charge on any atom is -0.480 e. The van der Waals surface area contributed by atoms with Crippen molar-refractivity contribution in [3.8, 4) is 0 Å². The molecular weight excluding hydrogens is 556 g/mol. The van der Waals surface area contributed by atoms with Crippen molar-refractivity contribution in [3.05, 3.63) is 48.5 Å². The number of piperazine rings is 1. The van der Waals surface area contributed by atoms with Gasteiger partial charge >= 0.3 is 12.0 Å². The number of hydrogen-bond acceptors (Lipinski definition) is 6. The highest BCUT2D eigenvalue weighted by atomic mass is 16.4. The Morgan fingerprint density at radius 3 is 2.07 bits per heavy atom. The Kier molecular flexibility index (Phi) is 7.03. The Balaban J connectivity index is 1.03. The minimum atomic E-state index is -0.869. The van der Waals surface area contributed by atoms with Crippen LogP contribution in [0.3, 0.4) is 0 Å². The van der Waals surface area contributed by atoms with Crippen LogP contribution in [0.25, 0.3) is 0 Å². The van der Waals surface area contributed by atoms with E-state index in [1.807, 2.05) is 28.0 Å². The molecule has 0 spiro atoms. The lowest BCUT2D eigenvalue weighted by Gasteiger charge is -2.59. The lowest BCUT2D eigenvalue weighted by atomic mass is 9.47. The summed E-state index contributed by atoms with van der Waals surface area (Å²) >= 11 is 0. The van der Waals surface area contributed by atoms with Gasteiger partial charge in [-0.1, -0.05) is 12.1 Å². The molecule has 2 atom stereocenters. The van der Waals surface area contributed by atoms with Gasteiger partial charge in [0.05, 0.1) is 11.4 Å². The maximum Gasteiger partial charge on any atom is 0.323 e. The van der Waals surface area contributed by atoms with E-state index >= 15 is 0 Å². The molecule has 4 saturated carbocycles. The zero-order valence-electron chi connectivity index (χ0n) is 25.7. The second kappa shape index (κ2) is 10.7. The summed E-state index contributed by atoms with van der Waals surface area (Å²) in [6, 6.07) is 16.7. The highest BCUT2D eigenvalue weighted by Crippen LogP contribution is 2.60. The number of nitrogens with one attached hydrogen (secondary N) is 1. The molecule has 2 aromatic rings. The van der Waals surface area contributed by atoms with Crippen LogP contribution in [0.1, 0.15) is 46.0 Å². The molecule has 44 heavy (non-hydrogen) atoms. The minimum absolute atomic E-state index is 0.0525. The first-order chi connectivity index (χ1) is 21.1. The number of para-hydroxylation sites is 2. The normalized spacial score (nSPS) is 29.8. The number of benzene rings is 2. The molecule has 6 aliphatic rings. The quantitative estimate of drug-likeness (QED) is 0.458. The first kappa shape index (κ1) is 29.0. The van der Waals surface area contributed by atoms with Crippen LogP contribution in [-0.2, 0) is 9.59 Å². The highest BCUT2D eigenvalue weighted by Gasteiger charge is 2.58. The number of primary amides is 1. The van der Waals surface area contributed by atoms with Crippen molar-refractivity contribution in [2.45, 2.75) is 57.5 Å². The molecule has 1 saturated heterocycles. The van der Waals surface area contributed by atoms with Gasteiger partial charge in [-0.25, -0.2) is 4.79 Å². The van der Waals surface area contributed by atoms with Crippen molar-refractivity contribution in [3.63, 3.8) is 0 Å². The van der Waals surface area contributed by atoms with Gasteiger partial charge in [-0.3, -0.25) is 19.4 Å². The van der Waals surface area contributed by atoms with Gasteiger partial charge in [0, 0.05) is 62.1 Å². The van der Waals surface area contributed by atoms with Crippen LogP contribution < -0.4 is 25.8 Å². The fourth-order valence-corrected chi connectivity index (χ4v) is 9.13. The summed E-state index contributed by atoms with van der Waals surface area (Å²) < 4.78 is 0. The molecule has 5 fully saturated rings. The summed E-state index contributed by atoms with van der Waals surface area (Å²) in [5.41, 5.74) is 8.75. The van der Waals surface area contributed by atoms with E-state index in [0.29, 0.717) is 43.9 Å². The summed E-state index contributed by atoms with van der Waals surface area (Å²) in [5.74, 6) is 0.248. The Bertz CT molecular complexity index is 1440. The lowest BCUT2D eigenvalue weighted by molar-refractivity contribution is -0.149. The van der Waals surface area contributed by atoms with Crippen molar-refractivity contribution in [2.24, 2.45) is 28.9 Å². The van der Waals surface area contributed by atoms with Gasteiger partial charge in [0.25, 0.3) is 0 Å². The van der Waals surface area contributed by atoms with Crippen molar-refractivity contribution >= 4 is 40.7 Å². The maximum atomic E-state index is 13.8. The smallest absolute Gasteiger partial charge is 0.323 e. The van der Waals surface area contributed by atoms with Crippen LogP contribution in [0.2, 0.25) is 0 Å². The second-order valence-electron chi connectivity index (χ2n) is 14.2. The van der Waals surface area contributed by atoms with Crippen molar-refractivity contribution < 1.29 is 19.5 Å². The number of nitrogens with zero attached hydrogens (tertiary/aromatic N) is 4. The van der Waals surface area contributed by atoms with E-state index in [-0.39, 0.29) is 23.4 Å². The maximum absolute atomic E-state index is 13.8. The molecule has 4 aliphatic carbocycles. The van der Waals surface area contributed by atoms with E-state index in [2.05, 4.69) is 45.4 Å². The average Bonchev–Trinajstić information content (AvgIpc) is 3.02. The van der Waals surface area contributed by atoms with Crippen LogP contribution in [0.5, 0.6) is 0 Å². The summed E-state index contributed by atoms with van der Waals surface area (Å²) in [7, 11) is 0. The number of anilines is 4. The van der Waals surface area contributed by atoms with Gasteiger partial charge in [0.1, 0.15) is 5.54 Å². The highest BCUT2D eigenvalue weighted by molar-refractivity contribution is 5.98. The van der Waals surface area contributed by atoms with Gasteiger partial charge in [-0.15, -0.1) is 0 Å². The van der Waals surface area contributed by atoms with Gasteiger partial charge < -0.3 is 26.0 Å². The van der Waals surface area contributed by atoms with Crippen molar-refractivity contribution in [1.82, 2.24) is 10.2 Å². The number of aliphatic carboxylic acids is 1. The molecular formula is C34H44N6O4. The fourth-order valence-electron chi connectivity index (χ4n) is 9.13. The molecule has 2 heterocycles. The lowest BCUT2D eigenvalue weighted by Crippen LogP contribution is -2.63. The third-order valence-corrected chi connectivity index (χ3v) is 11.5. The van der Waals surface area contributed by atoms with Gasteiger partial charge in [0.15, 0.2) is 0 Å². The number of hydrogen-bond donors (Lipinski definition) is 3. The van der Waals surface area contributed by atoms with Crippen molar-refractivity contribution in [2.75, 3.05) is 54.0 Å². The molecule has 234 valence electrons. The molecule has 4 N–H and O–H groups in total. The van der Waals surface area contributed by atoms with E-state index in [1.165, 1.54) is 0 Å². The largest absolute Gasteiger partial charge is 0.480 e. The molecule has 0 aromatic heterocycles. The first-order valence-corrected chi connectivity index (χ1v) is 16.1. The van der Waals surface area contributed by atoms with Crippen molar-refractivity contribution in [1.29, 1.82) is 0 Å². The average molecular weight is 601 g/mol. The second-order valence-corrected chi connectivity index (χ2v) is 14.2. The van der Waals surface area contributed by atoms with Crippen LogP contribution >= 0.6 is 0 Å². The third-order valence-electron chi connectivity index (χ3n) is 11.5. The number of carboxylic acids is 1. The van der Waals surface area contributed by atoms with Crippen LogP contribution in [0.15, 0.2) is 48.5 Å². The van der Waals surface area contributed by atoms with E-state index in [9.17, 15) is 19.5 Å². The molecule has 8 rings (SSSR count). The number of nitrogens with two attached hydrogens (primary N) is 1. The van der Waals surface area contributed by atoms with E-state index < -0.39 is 11.5 Å². The fraction of sp³-hybridized carbons (Fsp3) is 0.559. The monoisotopic (exact) mass is 600 g/mol. The zero-order valence-corrected chi connectivity index (χ0v) is 25.7. The Labute approximate surface area is 259 Å². The molecule has 3 amide bonds. The number of amides is 3. The van der Waals surface area contributed by atoms with E-state index in [4.69, 9.17) is 5.73 Å². The van der Waals surface area contributed by atoms with Crippen LogP contribution in [-0.4, -0.2) is 78.8 Å².